The SMILES string of the molecule is CN(Cc1ccccc1)C(CN1CCNCC1)c1cccnc1. The van der Waals surface area contributed by atoms with E-state index in [9.17, 15) is 0 Å². The summed E-state index contributed by atoms with van der Waals surface area (Å²) in [7, 11) is 2.22. The van der Waals surface area contributed by atoms with Gasteiger partial charge < -0.3 is 5.32 Å². The molecule has 1 aliphatic heterocycles. The van der Waals surface area contributed by atoms with Crippen LogP contribution in [0.25, 0.3) is 0 Å². The van der Waals surface area contributed by atoms with E-state index in [-0.39, 0.29) is 0 Å². The fourth-order valence-corrected chi connectivity index (χ4v) is 3.19. The zero-order valence-electron chi connectivity index (χ0n) is 13.9. The van der Waals surface area contributed by atoms with Crippen molar-refractivity contribution in [3.63, 3.8) is 0 Å². The Labute approximate surface area is 139 Å². The maximum absolute atomic E-state index is 4.33. The number of hydrogen-bond donors (Lipinski definition) is 1. The molecule has 1 fully saturated rings. The maximum atomic E-state index is 4.33. The highest BCUT2D eigenvalue weighted by molar-refractivity contribution is 5.18. The minimum Gasteiger partial charge on any atom is -0.314 e. The molecule has 1 N–H and O–H groups in total. The molecule has 122 valence electrons. The van der Waals surface area contributed by atoms with Gasteiger partial charge in [-0.25, -0.2) is 0 Å². The molecule has 1 aromatic heterocycles. The molecule has 0 aliphatic carbocycles. The van der Waals surface area contributed by atoms with E-state index in [1.807, 2.05) is 18.5 Å². The van der Waals surface area contributed by atoms with Crippen LogP contribution < -0.4 is 5.32 Å². The van der Waals surface area contributed by atoms with Crippen LogP contribution >= 0.6 is 0 Å². The second-order valence-corrected chi connectivity index (χ2v) is 6.25. The lowest BCUT2D eigenvalue weighted by Gasteiger charge is -2.35. The third-order valence-corrected chi connectivity index (χ3v) is 4.52. The molecule has 4 nitrogen and oxygen atoms in total. The molecule has 1 unspecified atom stereocenters. The largest absolute Gasteiger partial charge is 0.314 e. The van der Waals surface area contributed by atoms with Gasteiger partial charge in [0.15, 0.2) is 0 Å². The predicted octanol–water partition coefficient (Wildman–Crippen LogP) is 2.16. The van der Waals surface area contributed by atoms with Crippen molar-refractivity contribution in [1.82, 2.24) is 20.1 Å². The summed E-state index contributed by atoms with van der Waals surface area (Å²) >= 11 is 0. The van der Waals surface area contributed by atoms with E-state index >= 15 is 0 Å². The number of rotatable bonds is 6. The quantitative estimate of drug-likeness (QED) is 0.886. The van der Waals surface area contributed by atoms with Gasteiger partial charge in [0.2, 0.25) is 0 Å². The predicted molar refractivity (Wildman–Crippen MR) is 94.2 cm³/mol. The minimum absolute atomic E-state index is 0.363. The zero-order valence-corrected chi connectivity index (χ0v) is 13.9. The molecule has 1 saturated heterocycles. The van der Waals surface area contributed by atoms with Crippen LogP contribution in [-0.4, -0.2) is 54.6 Å². The van der Waals surface area contributed by atoms with E-state index < -0.39 is 0 Å². The van der Waals surface area contributed by atoms with Crippen LogP contribution in [-0.2, 0) is 6.54 Å². The van der Waals surface area contributed by atoms with Crippen LogP contribution in [0.15, 0.2) is 54.9 Å². The first-order valence-corrected chi connectivity index (χ1v) is 8.40. The molecule has 0 amide bonds. The lowest BCUT2D eigenvalue weighted by atomic mass is 10.1. The average Bonchev–Trinajstić information content (AvgIpc) is 2.62. The molecular weight excluding hydrogens is 284 g/mol. The first-order valence-electron chi connectivity index (χ1n) is 8.40. The summed E-state index contributed by atoms with van der Waals surface area (Å²) in [6, 6.07) is 15.3. The van der Waals surface area contributed by atoms with Gasteiger partial charge >= 0.3 is 0 Å². The summed E-state index contributed by atoms with van der Waals surface area (Å²) in [4.78, 5) is 9.32. The molecule has 23 heavy (non-hydrogen) atoms. The Morgan fingerprint density at radius 2 is 1.91 bits per heavy atom. The van der Waals surface area contributed by atoms with E-state index in [0.29, 0.717) is 6.04 Å². The molecule has 1 aromatic carbocycles. The Balaban J connectivity index is 1.73. The van der Waals surface area contributed by atoms with Gasteiger partial charge in [0.05, 0.1) is 0 Å². The van der Waals surface area contributed by atoms with Gasteiger partial charge in [0.1, 0.15) is 0 Å². The third kappa shape index (κ3) is 4.61. The number of pyridine rings is 1. The first kappa shape index (κ1) is 16.1. The Morgan fingerprint density at radius 3 is 2.61 bits per heavy atom. The molecule has 3 rings (SSSR count). The molecule has 0 saturated carbocycles. The van der Waals surface area contributed by atoms with Crippen LogP contribution in [0, 0.1) is 0 Å². The fraction of sp³-hybridized carbons (Fsp3) is 0.421. The molecule has 1 aliphatic rings. The summed E-state index contributed by atoms with van der Waals surface area (Å²) in [6.07, 6.45) is 3.86. The molecular formula is C19H26N4. The van der Waals surface area contributed by atoms with Gasteiger partial charge in [-0.05, 0) is 24.2 Å². The first-order chi connectivity index (χ1) is 11.3. The minimum atomic E-state index is 0.363. The van der Waals surface area contributed by atoms with Crippen molar-refractivity contribution < 1.29 is 0 Å². The number of benzene rings is 1. The van der Waals surface area contributed by atoms with Crippen molar-refractivity contribution >= 4 is 0 Å². The van der Waals surface area contributed by atoms with Crippen LogP contribution in [0.5, 0.6) is 0 Å². The zero-order chi connectivity index (χ0) is 15.9. The van der Waals surface area contributed by atoms with Gasteiger partial charge in [-0.3, -0.25) is 14.8 Å². The van der Waals surface area contributed by atoms with Crippen LogP contribution in [0.1, 0.15) is 17.2 Å². The number of nitrogens with one attached hydrogen (secondary N) is 1. The van der Waals surface area contributed by atoms with E-state index in [2.05, 4.69) is 63.5 Å². The summed E-state index contributed by atoms with van der Waals surface area (Å²) in [5.74, 6) is 0. The Morgan fingerprint density at radius 1 is 1.13 bits per heavy atom. The van der Waals surface area contributed by atoms with Crippen molar-refractivity contribution in [2.24, 2.45) is 0 Å². The highest BCUT2D eigenvalue weighted by atomic mass is 15.2. The molecule has 4 heteroatoms. The molecule has 2 aromatic rings. The Bertz CT molecular complexity index is 566. The lowest BCUT2D eigenvalue weighted by molar-refractivity contribution is 0.145. The number of piperazine rings is 1. The highest BCUT2D eigenvalue weighted by Crippen LogP contribution is 2.22. The van der Waals surface area contributed by atoms with Gasteiger partial charge in [-0.1, -0.05) is 36.4 Å². The van der Waals surface area contributed by atoms with Crippen molar-refractivity contribution in [1.29, 1.82) is 0 Å². The Kier molecular flexibility index (Phi) is 5.75. The van der Waals surface area contributed by atoms with Gasteiger partial charge in [0.25, 0.3) is 0 Å². The third-order valence-electron chi connectivity index (χ3n) is 4.52. The van der Waals surface area contributed by atoms with Crippen molar-refractivity contribution in [3.8, 4) is 0 Å². The second kappa shape index (κ2) is 8.20. The Hall–Kier alpha value is -1.75. The second-order valence-electron chi connectivity index (χ2n) is 6.25. The monoisotopic (exact) mass is 310 g/mol. The lowest BCUT2D eigenvalue weighted by Crippen LogP contribution is -2.46. The smallest absolute Gasteiger partial charge is 0.0490 e. The van der Waals surface area contributed by atoms with Crippen molar-refractivity contribution in [2.45, 2.75) is 12.6 Å². The molecule has 0 radical (unpaired) electrons. The highest BCUT2D eigenvalue weighted by Gasteiger charge is 2.22. The molecule has 0 bridgehead atoms. The molecule has 1 atom stereocenters. The van der Waals surface area contributed by atoms with Crippen LogP contribution in [0.3, 0.4) is 0 Å². The van der Waals surface area contributed by atoms with Crippen LogP contribution in [0.2, 0.25) is 0 Å². The van der Waals surface area contributed by atoms with Gasteiger partial charge in [0, 0.05) is 57.7 Å². The fourth-order valence-electron chi connectivity index (χ4n) is 3.19. The van der Waals surface area contributed by atoms with E-state index in [0.717, 1.165) is 39.3 Å². The van der Waals surface area contributed by atoms with Crippen molar-refractivity contribution in [2.75, 3.05) is 39.8 Å². The number of hydrogen-bond acceptors (Lipinski definition) is 4. The van der Waals surface area contributed by atoms with Crippen molar-refractivity contribution in [3.05, 3.63) is 66.0 Å². The van der Waals surface area contributed by atoms with E-state index in [1.54, 1.807) is 0 Å². The molecule has 2 heterocycles. The maximum Gasteiger partial charge on any atom is 0.0490 e. The average molecular weight is 310 g/mol. The van der Waals surface area contributed by atoms with Gasteiger partial charge in [-0.15, -0.1) is 0 Å². The summed E-state index contributed by atoms with van der Waals surface area (Å²) in [5, 5.41) is 3.43. The normalized spacial score (nSPS) is 17.3. The topological polar surface area (TPSA) is 31.4 Å². The molecule has 0 spiro atoms. The summed E-state index contributed by atoms with van der Waals surface area (Å²) < 4.78 is 0. The summed E-state index contributed by atoms with van der Waals surface area (Å²) in [5.41, 5.74) is 2.65. The number of aromatic nitrogens is 1. The number of nitrogens with zero attached hydrogens (tertiary/aromatic N) is 3. The van der Waals surface area contributed by atoms with E-state index in [4.69, 9.17) is 0 Å². The number of likely N-dealkylation sites (N-methyl/N-ethyl adjacent to an activating group) is 1. The van der Waals surface area contributed by atoms with Gasteiger partial charge in [-0.2, -0.15) is 0 Å². The van der Waals surface area contributed by atoms with E-state index in [1.165, 1.54) is 11.1 Å². The van der Waals surface area contributed by atoms with Crippen LogP contribution in [0.4, 0.5) is 0 Å². The summed E-state index contributed by atoms with van der Waals surface area (Å²) in [6.45, 7) is 6.42. The standard InChI is InChI=1S/C19H26N4/c1-22(15-17-6-3-2-4-7-17)19(18-8-5-9-21-14-18)16-23-12-10-20-11-13-23/h2-9,14,19-20H,10-13,15-16H2,1H3.